The summed E-state index contributed by atoms with van der Waals surface area (Å²) in [6.45, 7) is 2.83. The highest BCUT2D eigenvalue weighted by Gasteiger charge is 2.14. The van der Waals surface area contributed by atoms with Gasteiger partial charge in [-0.2, -0.15) is 4.98 Å². The number of unbranched alkanes of at least 4 members (excludes halogenated alkanes) is 1. The van der Waals surface area contributed by atoms with Crippen molar-refractivity contribution in [2.24, 2.45) is 0 Å². The van der Waals surface area contributed by atoms with E-state index in [0.717, 1.165) is 24.9 Å². The molecule has 0 N–H and O–H groups in total. The molecular weight excluding hydrogens is 333 g/mol. The van der Waals surface area contributed by atoms with Gasteiger partial charge in [-0.15, -0.1) is 0 Å². The van der Waals surface area contributed by atoms with Crippen LogP contribution in [0.2, 0.25) is 0 Å². The maximum Gasteiger partial charge on any atom is 0.258 e. The van der Waals surface area contributed by atoms with Crippen LogP contribution in [0, 0.1) is 5.82 Å². The molecule has 3 aromatic rings. The van der Waals surface area contributed by atoms with E-state index in [1.54, 1.807) is 48.3 Å². The zero-order valence-corrected chi connectivity index (χ0v) is 14.8. The fourth-order valence-corrected chi connectivity index (χ4v) is 2.53. The van der Waals surface area contributed by atoms with E-state index in [9.17, 15) is 9.18 Å². The Balaban J connectivity index is 1.75. The number of carbonyl (C=O) groups is 1. The van der Waals surface area contributed by atoms with Crippen molar-refractivity contribution in [1.82, 2.24) is 15.0 Å². The molecule has 26 heavy (non-hydrogen) atoms. The molecule has 0 atom stereocenters. The lowest BCUT2D eigenvalue weighted by atomic mass is 10.1. The third-order valence-corrected chi connectivity index (χ3v) is 4.10. The average molecular weight is 353 g/mol. The molecule has 0 saturated carbocycles. The van der Waals surface area contributed by atoms with Crippen molar-refractivity contribution in [3.8, 4) is 22.8 Å². The molecule has 0 bridgehead atoms. The molecule has 0 spiro atoms. The van der Waals surface area contributed by atoms with Gasteiger partial charge in [0.05, 0.1) is 0 Å². The Hall–Kier alpha value is -3.02. The molecule has 0 saturated heterocycles. The fourth-order valence-electron chi connectivity index (χ4n) is 2.53. The van der Waals surface area contributed by atoms with Gasteiger partial charge in [0.1, 0.15) is 5.82 Å². The Labute approximate surface area is 151 Å². The van der Waals surface area contributed by atoms with Gasteiger partial charge >= 0.3 is 0 Å². The first-order valence-electron chi connectivity index (χ1n) is 8.54. The summed E-state index contributed by atoms with van der Waals surface area (Å²) in [5.74, 6) is 0.409. The largest absolute Gasteiger partial charge is 0.342 e. The van der Waals surface area contributed by atoms with Crippen LogP contribution in [0.15, 0.2) is 53.1 Å². The Morgan fingerprint density at radius 3 is 2.38 bits per heavy atom. The molecule has 0 aliphatic rings. The number of aromatic nitrogens is 2. The van der Waals surface area contributed by atoms with Crippen LogP contribution in [0.4, 0.5) is 4.39 Å². The minimum absolute atomic E-state index is 0.0115. The van der Waals surface area contributed by atoms with Crippen molar-refractivity contribution >= 4 is 5.91 Å². The van der Waals surface area contributed by atoms with Crippen molar-refractivity contribution in [3.63, 3.8) is 0 Å². The molecule has 0 aliphatic heterocycles. The monoisotopic (exact) mass is 353 g/mol. The van der Waals surface area contributed by atoms with E-state index in [2.05, 4.69) is 17.1 Å². The van der Waals surface area contributed by atoms with Gasteiger partial charge in [-0.3, -0.25) is 4.79 Å². The van der Waals surface area contributed by atoms with Crippen LogP contribution in [0.3, 0.4) is 0 Å². The molecule has 5 nitrogen and oxygen atoms in total. The van der Waals surface area contributed by atoms with E-state index >= 15 is 0 Å². The summed E-state index contributed by atoms with van der Waals surface area (Å²) in [6.07, 6.45) is 2.03. The number of nitrogens with zero attached hydrogens (tertiary/aromatic N) is 3. The van der Waals surface area contributed by atoms with Crippen LogP contribution in [0.5, 0.6) is 0 Å². The number of amides is 1. The van der Waals surface area contributed by atoms with Crippen molar-refractivity contribution in [1.29, 1.82) is 0 Å². The Bertz CT molecular complexity index is 873. The van der Waals surface area contributed by atoms with Gasteiger partial charge in [-0.25, -0.2) is 4.39 Å². The fraction of sp³-hybridized carbons (Fsp3) is 0.250. The standard InChI is InChI=1S/C20H20FN3O2/c1-3-4-13-24(2)20(25)16-7-5-15(6-8-16)19-22-18(23-26-19)14-9-11-17(21)12-10-14/h5-12H,3-4,13H2,1-2H3. The summed E-state index contributed by atoms with van der Waals surface area (Å²) in [7, 11) is 1.80. The maximum absolute atomic E-state index is 13.0. The van der Waals surface area contributed by atoms with Crippen molar-refractivity contribution < 1.29 is 13.7 Å². The van der Waals surface area contributed by atoms with Gasteiger partial charge in [-0.1, -0.05) is 18.5 Å². The SMILES string of the molecule is CCCCN(C)C(=O)c1ccc(-c2nc(-c3ccc(F)cc3)no2)cc1. The smallest absolute Gasteiger partial charge is 0.258 e. The third-order valence-electron chi connectivity index (χ3n) is 4.10. The molecule has 3 rings (SSSR count). The zero-order valence-electron chi connectivity index (χ0n) is 14.8. The van der Waals surface area contributed by atoms with E-state index in [0.29, 0.717) is 22.8 Å². The summed E-state index contributed by atoms with van der Waals surface area (Å²) in [5, 5.41) is 3.93. The van der Waals surface area contributed by atoms with Crippen LogP contribution in [-0.2, 0) is 0 Å². The molecular formula is C20H20FN3O2. The second-order valence-corrected chi connectivity index (χ2v) is 6.09. The number of rotatable bonds is 6. The summed E-state index contributed by atoms with van der Waals surface area (Å²) < 4.78 is 18.3. The second-order valence-electron chi connectivity index (χ2n) is 6.09. The van der Waals surface area contributed by atoms with Gasteiger partial charge in [0.25, 0.3) is 11.8 Å². The summed E-state index contributed by atoms with van der Waals surface area (Å²) in [6, 6.07) is 13.0. The van der Waals surface area contributed by atoms with Gasteiger partial charge in [0, 0.05) is 30.3 Å². The first-order valence-corrected chi connectivity index (χ1v) is 8.54. The van der Waals surface area contributed by atoms with E-state index in [-0.39, 0.29) is 11.7 Å². The quantitative estimate of drug-likeness (QED) is 0.658. The van der Waals surface area contributed by atoms with Crippen LogP contribution < -0.4 is 0 Å². The van der Waals surface area contributed by atoms with E-state index in [1.807, 2.05) is 0 Å². The highest BCUT2D eigenvalue weighted by atomic mass is 19.1. The summed E-state index contributed by atoms with van der Waals surface area (Å²) >= 11 is 0. The Kier molecular flexibility index (Phi) is 5.41. The lowest BCUT2D eigenvalue weighted by Gasteiger charge is -2.16. The van der Waals surface area contributed by atoms with Gasteiger partial charge in [0.15, 0.2) is 0 Å². The van der Waals surface area contributed by atoms with Crippen molar-refractivity contribution in [2.45, 2.75) is 19.8 Å². The van der Waals surface area contributed by atoms with E-state index < -0.39 is 0 Å². The number of carbonyl (C=O) groups excluding carboxylic acids is 1. The second kappa shape index (κ2) is 7.91. The van der Waals surface area contributed by atoms with E-state index in [1.165, 1.54) is 12.1 Å². The highest BCUT2D eigenvalue weighted by molar-refractivity contribution is 5.94. The molecule has 1 aromatic heterocycles. The number of benzene rings is 2. The first kappa shape index (κ1) is 17.8. The van der Waals surface area contributed by atoms with Crippen molar-refractivity contribution in [2.75, 3.05) is 13.6 Å². The van der Waals surface area contributed by atoms with Gasteiger partial charge < -0.3 is 9.42 Å². The van der Waals surface area contributed by atoms with Crippen molar-refractivity contribution in [3.05, 3.63) is 59.9 Å². The maximum atomic E-state index is 13.0. The molecule has 2 aromatic carbocycles. The molecule has 1 amide bonds. The minimum Gasteiger partial charge on any atom is -0.342 e. The Morgan fingerprint density at radius 1 is 1.08 bits per heavy atom. The molecule has 6 heteroatoms. The normalized spacial score (nSPS) is 10.7. The highest BCUT2D eigenvalue weighted by Crippen LogP contribution is 2.23. The molecule has 0 fully saturated rings. The third kappa shape index (κ3) is 3.96. The van der Waals surface area contributed by atoms with E-state index in [4.69, 9.17) is 4.52 Å². The van der Waals surface area contributed by atoms with Crippen LogP contribution in [0.1, 0.15) is 30.1 Å². The predicted octanol–water partition coefficient (Wildman–Crippen LogP) is 4.41. The number of halogens is 1. The van der Waals surface area contributed by atoms with Gasteiger partial charge in [-0.05, 0) is 55.0 Å². The first-order chi connectivity index (χ1) is 12.6. The van der Waals surface area contributed by atoms with Crippen LogP contribution in [0.25, 0.3) is 22.8 Å². The van der Waals surface area contributed by atoms with Gasteiger partial charge in [0.2, 0.25) is 5.82 Å². The number of hydrogen-bond acceptors (Lipinski definition) is 4. The number of hydrogen-bond donors (Lipinski definition) is 0. The molecule has 1 heterocycles. The van der Waals surface area contributed by atoms with Crippen LogP contribution >= 0.6 is 0 Å². The molecule has 0 unspecified atom stereocenters. The topological polar surface area (TPSA) is 59.2 Å². The lowest BCUT2D eigenvalue weighted by molar-refractivity contribution is 0.0793. The average Bonchev–Trinajstić information content (AvgIpc) is 3.16. The molecule has 0 aliphatic carbocycles. The molecule has 0 radical (unpaired) electrons. The lowest BCUT2D eigenvalue weighted by Crippen LogP contribution is -2.27. The predicted molar refractivity (Wildman–Crippen MR) is 97.0 cm³/mol. The summed E-state index contributed by atoms with van der Waals surface area (Å²) in [4.78, 5) is 18.4. The molecule has 134 valence electrons. The minimum atomic E-state index is -0.318. The summed E-state index contributed by atoms with van der Waals surface area (Å²) in [5.41, 5.74) is 2.01. The zero-order chi connectivity index (χ0) is 18.5. The van der Waals surface area contributed by atoms with Crippen LogP contribution in [-0.4, -0.2) is 34.5 Å². The Morgan fingerprint density at radius 2 is 1.73 bits per heavy atom.